The van der Waals surface area contributed by atoms with Crippen molar-refractivity contribution in [2.24, 2.45) is 5.14 Å². The van der Waals surface area contributed by atoms with Gasteiger partial charge in [0.2, 0.25) is 5.88 Å². The van der Waals surface area contributed by atoms with E-state index in [0.29, 0.717) is 11.4 Å². The number of nitrogens with two attached hydrogens (primary N) is 1. The number of nitrogens with one attached hydrogen (secondary N) is 1. The third-order valence-electron chi connectivity index (χ3n) is 2.89. The Hall–Kier alpha value is -1.18. The normalized spacial score (nSPS) is 16.9. The molecule has 1 aliphatic carbocycles. The third-order valence-corrected chi connectivity index (χ3v) is 3.44. The van der Waals surface area contributed by atoms with Crippen molar-refractivity contribution in [1.29, 1.82) is 0 Å². The van der Waals surface area contributed by atoms with Crippen LogP contribution in [0.1, 0.15) is 31.2 Å². The molecule has 1 fully saturated rings. The molecular weight excluding hydrogens is 254 g/mol. The highest BCUT2D eigenvalue weighted by Gasteiger charge is 2.18. The molecule has 0 radical (unpaired) electrons. The monoisotopic (exact) mass is 271 g/mol. The molecular formula is C11H17N3O3S. The number of hydrogen-bond acceptors (Lipinski definition) is 4. The van der Waals surface area contributed by atoms with Crippen LogP contribution in [0.15, 0.2) is 18.3 Å². The molecule has 0 spiro atoms. The Kier molecular flexibility index (Phi) is 4.15. The molecule has 0 unspecified atom stereocenters. The van der Waals surface area contributed by atoms with Crippen molar-refractivity contribution >= 4 is 10.2 Å². The average Bonchev–Trinajstić information content (AvgIpc) is 2.80. The van der Waals surface area contributed by atoms with Gasteiger partial charge in [0.1, 0.15) is 6.10 Å². The van der Waals surface area contributed by atoms with E-state index >= 15 is 0 Å². The van der Waals surface area contributed by atoms with Crippen LogP contribution in [0.4, 0.5) is 0 Å². The van der Waals surface area contributed by atoms with Crippen LogP contribution in [0.5, 0.6) is 5.88 Å². The van der Waals surface area contributed by atoms with Gasteiger partial charge in [0, 0.05) is 18.3 Å². The number of ether oxygens (including phenoxy) is 1. The molecule has 0 saturated heterocycles. The number of nitrogens with zero attached hydrogens (tertiary/aromatic N) is 1. The van der Waals surface area contributed by atoms with E-state index in [9.17, 15) is 8.42 Å². The second kappa shape index (κ2) is 5.64. The molecule has 1 aromatic heterocycles. The van der Waals surface area contributed by atoms with E-state index in [4.69, 9.17) is 9.88 Å². The summed E-state index contributed by atoms with van der Waals surface area (Å²) in [6, 6.07) is 3.51. The first-order valence-corrected chi connectivity index (χ1v) is 7.47. The maximum atomic E-state index is 10.9. The summed E-state index contributed by atoms with van der Waals surface area (Å²) in [7, 11) is -3.70. The molecule has 2 rings (SSSR count). The Balaban J connectivity index is 2.04. The molecule has 0 aliphatic heterocycles. The van der Waals surface area contributed by atoms with Crippen LogP contribution in [0.3, 0.4) is 0 Å². The number of pyridine rings is 1. The van der Waals surface area contributed by atoms with Gasteiger partial charge in [-0.25, -0.2) is 10.1 Å². The van der Waals surface area contributed by atoms with E-state index in [0.717, 1.165) is 12.8 Å². The van der Waals surface area contributed by atoms with Gasteiger partial charge in [0.05, 0.1) is 0 Å². The molecule has 7 heteroatoms. The van der Waals surface area contributed by atoms with Crippen LogP contribution in [0, 0.1) is 0 Å². The zero-order valence-corrected chi connectivity index (χ0v) is 10.8. The molecule has 1 aliphatic rings. The number of aromatic nitrogens is 1. The highest BCUT2D eigenvalue weighted by atomic mass is 32.2. The Bertz CT molecular complexity index is 498. The maximum absolute atomic E-state index is 10.9. The van der Waals surface area contributed by atoms with Crippen molar-refractivity contribution in [3.8, 4) is 5.88 Å². The van der Waals surface area contributed by atoms with Gasteiger partial charge in [-0.2, -0.15) is 13.1 Å². The molecule has 100 valence electrons. The van der Waals surface area contributed by atoms with Gasteiger partial charge in [-0.05, 0) is 31.7 Å². The fraction of sp³-hybridized carbons (Fsp3) is 0.545. The molecule has 0 amide bonds. The van der Waals surface area contributed by atoms with Crippen molar-refractivity contribution in [1.82, 2.24) is 9.71 Å². The summed E-state index contributed by atoms with van der Waals surface area (Å²) in [5.74, 6) is 0.487. The largest absolute Gasteiger partial charge is 0.474 e. The van der Waals surface area contributed by atoms with Crippen molar-refractivity contribution in [2.75, 3.05) is 0 Å². The van der Waals surface area contributed by atoms with Gasteiger partial charge < -0.3 is 4.74 Å². The van der Waals surface area contributed by atoms with Crippen molar-refractivity contribution in [3.05, 3.63) is 23.9 Å². The lowest BCUT2D eigenvalue weighted by Crippen LogP contribution is -2.30. The van der Waals surface area contributed by atoms with Crippen molar-refractivity contribution in [3.63, 3.8) is 0 Å². The standard InChI is InChI=1S/C11H17N3O3S/c12-18(15,16)14-8-9-4-3-7-13-11(9)17-10-5-1-2-6-10/h3-4,7,10,14H,1-2,5-6,8H2,(H2,12,15,16). The minimum atomic E-state index is -3.70. The second-order valence-corrected chi connectivity index (χ2v) is 5.74. The molecule has 18 heavy (non-hydrogen) atoms. The lowest BCUT2D eigenvalue weighted by molar-refractivity contribution is 0.199. The lowest BCUT2D eigenvalue weighted by Gasteiger charge is -2.15. The molecule has 3 N–H and O–H groups in total. The Morgan fingerprint density at radius 3 is 2.83 bits per heavy atom. The number of hydrogen-bond donors (Lipinski definition) is 2. The van der Waals surface area contributed by atoms with Crippen LogP contribution in [-0.4, -0.2) is 19.5 Å². The topological polar surface area (TPSA) is 94.3 Å². The van der Waals surface area contributed by atoms with Crippen molar-refractivity contribution < 1.29 is 13.2 Å². The van der Waals surface area contributed by atoms with E-state index in [-0.39, 0.29) is 12.6 Å². The van der Waals surface area contributed by atoms with E-state index in [1.165, 1.54) is 12.8 Å². The predicted octanol–water partition coefficient (Wildman–Crippen LogP) is 0.696. The summed E-state index contributed by atoms with van der Waals surface area (Å²) in [4.78, 5) is 4.14. The SMILES string of the molecule is NS(=O)(=O)NCc1cccnc1OC1CCCC1. The predicted molar refractivity (Wildman–Crippen MR) is 67.1 cm³/mol. The summed E-state index contributed by atoms with van der Waals surface area (Å²) < 4.78 is 29.8. The van der Waals surface area contributed by atoms with Crippen LogP contribution in [-0.2, 0) is 16.8 Å². The Morgan fingerprint density at radius 2 is 2.17 bits per heavy atom. The third kappa shape index (κ3) is 3.94. The van der Waals surface area contributed by atoms with Gasteiger partial charge >= 0.3 is 0 Å². The summed E-state index contributed by atoms with van der Waals surface area (Å²) in [6.07, 6.45) is 6.21. The second-order valence-electron chi connectivity index (χ2n) is 4.36. The summed E-state index contributed by atoms with van der Waals surface area (Å²) >= 11 is 0. The van der Waals surface area contributed by atoms with Gasteiger partial charge in [0.15, 0.2) is 0 Å². The van der Waals surface area contributed by atoms with E-state index in [1.54, 1.807) is 18.3 Å². The minimum Gasteiger partial charge on any atom is -0.474 e. The van der Waals surface area contributed by atoms with Gasteiger partial charge in [-0.1, -0.05) is 6.07 Å². The molecule has 1 aromatic rings. The molecule has 1 saturated carbocycles. The zero-order chi connectivity index (χ0) is 13.0. The lowest BCUT2D eigenvalue weighted by atomic mass is 10.2. The summed E-state index contributed by atoms with van der Waals surface area (Å²) in [5.41, 5.74) is 0.693. The van der Waals surface area contributed by atoms with Crippen LogP contribution >= 0.6 is 0 Å². The van der Waals surface area contributed by atoms with Gasteiger partial charge in [-0.3, -0.25) is 0 Å². The first kappa shape index (κ1) is 13.3. The average molecular weight is 271 g/mol. The summed E-state index contributed by atoms with van der Waals surface area (Å²) in [5, 5.41) is 4.90. The zero-order valence-electron chi connectivity index (χ0n) is 10.0. The number of rotatable bonds is 5. The molecule has 6 nitrogen and oxygen atoms in total. The van der Waals surface area contributed by atoms with Crippen molar-refractivity contribution in [2.45, 2.75) is 38.3 Å². The molecule has 0 aromatic carbocycles. The van der Waals surface area contributed by atoms with Gasteiger partial charge in [-0.15, -0.1) is 0 Å². The van der Waals surface area contributed by atoms with E-state index in [2.05, 4.69) is 9.71 Å². The van der Waals surface area contributed by atoms with Crippen LogP contribution in [0.25, 0.3) is 0 Å². The minimum absolute atomic E-state index is 0.0920. The van der Waals surface area contributed by atoms with Gasteiger partial charge in [0.25, 0.3) is 10.2 Å². The fourth-order valence-corrected chi connectivity index (χ4v) is 2.36. The Morgan fingerprint density at radius 1 is 1.44 bits per heavy atom. The quantitative estimate of drug-likeness (QED) is 0.824. The Labute approximate surface area is 107 Å². The van der Waals surface area contributed by atoms with E-state index < -0.39 is 10.2 Å². The summed E-state index contributed by atoms with van der Waals surface area (Å²) in [6.45, 7) is 0.0920. The molecule has 0 atom stereocenters. The van der Waals surface area contributed by atoms with Crippen LogP contribution in [0.2, 0.25) is 0 Å². The smallest absolute Gasteiger partial charge is 0.274 e. The fourth-order valence-electron chi connectivity index (χ4n) is 2.01. The van der Waals surface area contributed by atoms with E-state index in [1.807, 2.05) is 0 Å². The molecule has 0 bridgehead atoms. The molecule has 1 heterocycles. The highest BCUT2D eigenvalue weighted by Crippen LogP contribution is 2.24. The first-order chi connectivity index (χ1) is 8.54. The highest BCUT2D eigenvalue weighted by molar-refractivity contribution is 7.87. The maximum Gasteiger partial charge on any atom is 0.274 e. The first-order valence-electron chi connectivity index (χ1n) is 5.92. The van der Waals surface area contributed by atoms with Crippen LogP contribution < -0.4 is 14.6 Å².